The van der Waals surface area contributed by atoms with Gasteiger partial charge in [-0.05, 0) is 12.1 Å². The molecule has 0 unspecified atom stereocenters. The molecule has 0 aromatic heterocycles. The smallest absolute Gasteiger partial charge is 0.117 e. The van der Waals surface area contributed by atoms with Crippen LogP contribution in [0.2, 0.25) is 0 Å². The number of nitrogens with one attached hydrogen (secondary N) is 1. The monoisotopic (exact) mass is 296 g/mol. The van der Waals surface area contributed by atoms with E-state index in [1.165, 1.54) is 0 Å². The molecule has 118 valence electrons. The van der Waals surface area contributed by atoms with Gasteiger partial charge in [0.05, 0.1) is 44.8 Å². The lowest BCUT2D eigenvalue weighted by Gasteiger charge is -2.37. The van der Waals surface area contributed by atoms with Gasteiger partial charge in [-0.3, -0.25) is 0 Å². The van der Waals surface area contributed by atoms with Gasteiger partial charge in [-0.25, -0.2) is 0 Å². The molecule has 6 heteroatoms. The van der Waals surface area contributed by atoms with Crippen LogP contribution in [0.15, 0.2) is 18.2 Å². The maximum Gasteiger partial charge on any atom is 0.117 e. The molecule has 0 aliphatic carbocycles. The van der Waals surface area contributed by atoms with Crippen LogP contribution in [0.3, 0.4) is 0 Å². The standard InChI is InChI=1S/C15H25N3O3/c1-18(6-10-21-11-7-18)5-9-20-8-4-17-15-12-13(19)2-3-14(15)16/h2-3,12,17H,4-11,16H2,1H3/p+1. The van der Waals surface area contributed by atoms with Crippen molar-refractivity contribution in [2.75, 3.05) is 70.7 Å². The molecule has 21 heavy (non-hydrogen) atoms. The lowest BCUT2D eigenvalue weighted by Crippen LogP contribution is -2.53. The van der Waals surface area contributed by atoms with Gasteiger partial charge < -0.3 is 30.1 Å². The van der Waals surface area contributed by atoms with Crippen molar-refractivity contribution in [2.45, 2.75) is 0 Å². The average Bonchev–Trinajstić information content (AvgIpc) is 2.47. The van der Waals surface area contributed by atoms with Crippen LogP contribution < -0.4 is 11.1 Å². The van der Waals surface area contributed by atoms with Crippen LogP contribution in [0.4, 0.5) is 11.4 Å². The summed E-state index contributed by atoms with van der Waals surface area (Å²) in [5.41, 5.74) is 7.18. The number of ether oxygens (including phenoxy) is 2. The van der Waals surface area contributed by atoms with Crippen LogP contribution >= 0.6 is 0 Å². The van der Waals surface area contributed by atoms with Gasteiger partial charge in [0.25, 0.3) is 0 Å². The first kappa shape index (κ1) is 15.9. The molecule has 0 atom stereocenters. The number of anilines is 2. The van der Waals surface area contributed by atoms with Crippen molar-refractivity contribution in [3.05, 3.63) is 18.2 Å². The molecule has 0 bridgehead atoms. The lowest BCUT2D eigenvalue weighted by molar-refractivity contribution is -0.917. The first-order valence-corrected chi connectivity index (χ1v) is 7.40. The Morgan fingerprint density at radius 2 is 2.10 bits per heavy atom. The highest BCUT2D eigenvalue weighted by atomic mass is 16.5. The van der Waals surface area contributed by atoms with Crippen molar-refractivity contribution >= 4 is 11.4 Å². The topological polar surface area (TPSA) is 76.7 Å². The number of morpholine rings is 1. The number of nitrogens with zero attached hydrogens (tertiary/aromatic N) is 1. The number of nitrogen functional groups attached to an aromatic ring is 1. The highest BCUT2D eigenvalue weighted by Crippen LogP contribution is 2.23. The maximum atomic E-state index is 9.41. The van der Waals surface area contributed by atoms with Crippen molar-refractivity contribution in [2.24, 2.45) is 0 Å². The maximum absolute atomic E-state index is 9.41. The molecule has 0 saturated carbocycles. The van der Waals surface area contributed by atoms with Gasteiger partial charge in [-0.1, -0.05) is 0 Å². The molecular weight excluding hydrogens is 270 g/mol. The van der Waals surface area contributed by atoms with E-state index in [2.05, 4.69) is 12.4 Å². The molecule has 2 rings (SSSR count). The molecular formula is C15H26N3O3+. The molecule has 1 aromatic carbocycles. The second-order valence-corrected chi connectivity index (χ2v) is 5.71. The van der Waals surface area contributed by atoms with Crippen molar-refractivity contribution < 1.29 is 19.1 Å². The summed E-state index contributed by atoms with van der Waals surface area (Å²) in [6, 6.07) is 4.88. The molecule has 0 amide bonds. The Bertz CT molecular complexity index is 448. The highest BCUT2D eigenvalue weighted by molar-refractivity contribution is 5.67. The van der Waals surface area contributed by atoms with E-state index in [1.54, 1.807) is 18.2 Å². The number of aromatic hydroxyl groups is 1. The van der Waals surface area contributed by atoms with Gasteiger partial charge in [0, 0.05) is 12.6 Å². The van der Waals surface area contributed by atoms with Crippen LogP contribution in [0.25, 0.3) is 0 Å². The summed E-state index contributed by atoms with van der Waals surface area (Å²) in [5.74, 6) is 0.206. The van der Waals surface area contributed by atoms with Crippen molar-refractivity contribution in [1.82, 2.24) is 0 Å². The Balaban J connectivity index is 1.60. The number of quaternary nitrogens is 1. The van der Waals surface area contributed by atoms with E-state index in [0.717, 1.165) is 49.6 Å². The quantitative estimate of drug-likeness (QED) is 0.301. The Hall–Kier alpha value is -1.50. The average molecular weight is 296 g/mol. The van der Waals surface area contributed by atoms with Crippen LogP contribution in [0, 0.1) is 0 Å². The molecule has 0 spiro atoms. The number of likely N-dealkylation sites (N-methyl/N-ethyl adjacent to an activating group) is 1. The van der Waals surface area contributed by atoms with Gasteiger partial charge in [-0.2, -0.15) is 0 Å². The van der Waals surface area contributed by atoms with Crippen molar-refractivity contribution in [3.8, 4) is 5.75 Å². The molecule has 1 fully saturated rings. The molecule has 1 heterocycles. The SMILES string of the molecule is C[N+]1(CCOCCNc2cc(O)ccc2N)CCOCC1. The van der Waals surface area contributed by atoms with Crippen LogP contribution in [0.1, 0.15) is 0 Å². The van der Waals surface area contributed by atoms with E-state index in [9.17, 15) is 5.11 Å². The largest absolute Gasteiger partial charge is 0.508 e. The minimum atomic E-state index is 0.206. The third-order valence-corrected chi connectivity index (χ3v) is 3.93. The predicted octanol–water partition coefficient (Wildman–Crippen LogP) is 0.880. The van der Waals surface area contributed by atoms with Crippen LogP contribution in [0.5, 0.6) is 5.75 Å². The fourth-order valence-electron chi connectivity index (χ4n) is 2.35. The van der Waals surface area contributed by atoms with E-state index in [0.29, 0.717) is 18.8 Å². The first-order valence-electron chi connectivity index (χ1n) is 7.40. The number of benzene rings is 1. The third kappa shape index (κ3) is 5.08. The van der Waals surface area contributed by atoms with E-state index in [4.69, 9.17) is 15.2 Å². The first-order chi connectivity index (χ1) is 10.1. The second-order valence-electron chi connectivity index (χ2n) is 5.71. The number of phenolic OH excluding ortho intramolecular Hbond substituents is 1. The fourth-order valence-corrected chi connectivity index (χ4v) is 2.35. The molecule has 4 N–H and O–H groups in total. The molecule has 6 nitrogen and oxygen atoms in total. The predicted molar refractivity (Wildman–Crippen MR) is 83.4 cm³/mol. The summed E-state index contributed by atoms with van der Waals surface area (Å²) >= 11 is 0. The van der Waals surface area contributed by atoms with Crippen molar-refractivity contribution in [3.63, 3.8) is 0 Å². The zero-order valence-corrected chi connectivity index (χ0v) is 12.7. The van der Waals surface area contributed by atoms with E-state index >= 15 is 0 Å². The molecule has 1 aliphatic heterocycles. The second kappa shape index (κ2) is 7.49. The van der Waals surface area contributed by atoms with Gasteiger partial charge in [0.2, 0.25) is 0 Å². The van der Waals surface area contributed by atoms with Crippen LogP contribution in [-0.2, 0) is 9.47 Å². The number of rotatable bonds is 7. The van der Waals surface area contributed by atoms with Crippen LogP contribution in [-0.4, -0.2) is 69.2 Å². The zero-order chi connectivity index (χ0) is 15.1. The summed E-state index contributed by atoms with van der Waals surface area (Å²) < 4.78 is 12.1. The fraction of sp³-hybridized carbons (Fsp3) is 0.600. The van der Waals surface area contributed by atoms with Gasteiger partial charge in [-0.15, -0.1) is 0 Å². The Labute approximate surface area is 126 Å². The summed E-state index contributed by atoms with van der Waals surface area (Å²) in [4.78, 5) is 0. The molecule has 1 aromatic rings. The highest BCUT2D eigenvalue weighted by Gasteiger charge is 2.24. The third-order valence-electron chi connectivity index (χ3n) is 3.93. The lowest BCUT2D eigenvalue weighted by atomic mass is 10.2. The van der Waals surface area contributed by atoms with Crippen molar-refractivity contribution in [1.29, 1.82) is 0 Å². The number of phenols is 1. The summed E-state index contributed by atoms with van der Waals surface area (Å²) in [5, 5.41) is 12.6. The van der Waals surface area contributed by atoms with E-state index < -0.39 is 0 Å². The van der Waals surface area contributed by atoms with E-state index in [-0.39, 0.29) is 5.75 Å². The zero-order valence-electron chi connectivity index (χ0n) is 12.7. The summed E-state index contributed by atoms with van der Waals surface area (Å²) in [6.45, 7) is 6.84. The Morgan fingerprint density at radius 3 is 2.86 bits per heavy atom. The van der Waals surface area contributed by atoms with E-state index in [1.807, 2.05) is 0 Å². The molecule has 1 saturated heterocycles. The minimum absolute atomic E-state index is 0.206. The number of hydrogen-bond donors (Lipinski definition) is 3. The summed E-state index contributed by atoms with van der Waals surface area (Å²) in [7, 11) is 2.25. The Kier molecular flexibility index (Phi) is 5.67. The van der Waals surface area contributed by atoms with Gasteiger partial charge >= 0.3 is 0 Å². The van der Waals surface area contributed by atoms with Gasteiger partial charge in [0.15, 0.2) is 0 Å². The van der Waals surface area contributed by atoms with Gasteiger partial charge in [0.1, 0.15) is 25.4 Å². The minimum Gasteiger partial charge on any atom is -0.508 e. The Morgan fingerprint density at radius 1 is 1.33 bits per heavy atom. The molecule has 0 radical (unpaired) electrons. The molecule has 1 aliphatic rings. The number of hydrogen-bond acceptors (Lipinski definition) is 5. The normalized spacial score (nSPS) is 17.6. The summed E-state index contributed by atoms with van der Waals surface area (Å²) in [6.07, 6.45) is 0. The number of nitrogens with two attached hydrogens (primary N) is 1.